The van der Waals surface area contributed by atoms with Crippen LogP contribution in [0.4, 0.5) is 4.39 Å². The molecule has 0 aliphatic heterocycles. The molecule has 0 fully saturated rings. The average Bonchev–Trinajstić information content (AvgIpc) is 2.27. The van der Waals surface area contributed by atoms with Crippen LogP contribution in [-0.2, 0) is 10.8 Å². The predicted octanol–water partition coefficient (Wildman–Crippen LogP) is 1.63. The number of amides is 1. The fourth-order valence-corrected chi connectivity index (χ4v) is 1.95. The van der Waals surface area contributed by atoms with Crippen LogP contribution in [0.2, 0.25) is 0 Å². The molecule has 0 aliphatic carbocycles. The van der Waals surface area contributed by atoms with Crippen LogP contribution in [-0.4, -0.2) is 28.7 Å². The highest BCUT2D eigenvalue weighted by Gasteiger charge is 2.12. The normalized spacial score (nSPS) is 12.2. The minimum atomic E-state index is -0.858. The molecule has 0 aromatic heterocycles. The second kappa shape index (κ2) is 6.49. The van der Waals surface area contributed by atoms with Gasteiger partial charge in [0.25, 0.3) is 5.91 Å². The molecular formula is C12H16FNO2S. The maximum Gasteiger partial charge on any atom is 0.254 e. The summed E-state index contributed by atoms with van der Waals surface area (Å²) >= 11 is 0. The SMILES string of the molecule is Cc1cccc(C(=O)NCCCS(C)=O)c1F. The van der Waals surface area contributed by atoms with Gasteiger partial charge in [-0.25, -0.2) is 4.39 Å². The van der Waals surface area contributed by atoms with Crippen LogP contribution in [0.15, 0.2) is 18.2 Å². The van der Waals surface area contributed by atoms with Gasteiger partial charge in [-0.15, -0.1) is 0 Å². The summed E-state index contributed by atoms with van der Waals surface area (Å²) in [6.07, 6.45) is 2.24. The zero-order valence-corrected chi connectivity index (χ0v) is 10.8. The Kier molecular flexibility index (Phi) is 5.28. The molecule has 1 N–H and O–H groups in total. The second-order valence-electron chi connectivity index (χ2n) is 3.82. The summed E-state index contributed by atoms with van der Waals surface area (Å²) in [5.74, 6) is -0.367. The third-order valence-corrected chi connectivity index (χ3v) is 3.19. The van der Waals surface area contributed by atoms with Crippen molar-refractivity contribution in [3.63, 3.8) is 0 Å². The van der Waals surface area contributed by atoms with Crippen LogP contribution in [0.3, 0.4) is 0 Å². The molecule has 0 bridgehead atoms. The lowest BCUT2D eigenvalue weighted by Crippen LogP contribution is -2.26. The maximum absolute atomic E-state index is 13.6. The van der Waals surface area contributed by atoms with Crippen molar-refractivity contribution in [3.05, 3.63) is 35.1 Å². The zero-order chi connectivity index (χ0) is 12.8. The maximum atomic E-state index is 13.6. The molecule has 0 saturated carbocycles. The van der Waals surface area contributed by atoms with Crippen molar-refractivity contribution in [3.8, 4) is 0 Å². The molecule has 0 aliphatic rings. The van der Waals surface area contributed by atoms with Gasteiger partial charge in [0.15, 0.2) is 0 Å². The minimum Gasteiger partial charge on any atom is -0.352 e. The number of aryl methyl sites for hydroxylation is 1. The first-order chi connectivity index (χ1) is 8.02. The van der Waals surface area contributed by atoms with E-state index in [0.29, 0.717) is 24.3 Å². The lowest BCUT2D eigenvalue weighted by molar-refractivity contribution is 0.0949. The van der Waals surface area contributed by atoms with Crippen LogP contribution in [0.1, 0.15) is 22.3 Å². The number of carbonyl (C=O) groups is 1. The standard InChI is InChI=1S/C12H16FNO2S/c1-9-5-3-6-10(11(9)13)12(15)14-7-4-8-17(2)16/h3,5-6H,4,7-8H2,1-2H3,(H,14,15). The molecule has 5 heteroatoms. The van der Waals surface area contributed by atoms with E-state index in [2.05, 4.69) is 5.32 Å². The molecule has 1 atom stereocenters. The first-order valence-corrected chi connectivity index (χ1v) is 7.08. The summed E-state index contributed by atoms with van der Waals surface area (Å²) in [6, 6.07) is 4.72. The Balaban J connectivity index is 2.53. The van der Waals surface area contributed by atoms with Crippen LogP contribution < -0.4 is 5.32 Å². The van der Waals surface area contributed by atoms with Crippen LogP contribution in [0, 0.1) is 12.7 Å². The molecule has 1 aromatic carbocycles. The summed E-state index contributed by atoms with van der Waals surface area (Å²) < 4.78 is 24.4. The molecule has 0 spiro atoms. The minimum absolute atomic E-state index is 0.0580. The van der Waals surface area contributed by atoms with Crippen molar-refractivity contribution >= 4 is 16.7 Å². The molecule has 0 saturated heterocycles. The van der Waals surface area contributed by atoms with Crippen LogP contribution >= 0.6 is 0 Å². The van der Waals surface area contributed by atoms with Gasteiger partial charge in [0.05, 0.1) is 5.56 Å². The summed E-state index contributed by atoms with van der Waals surface area (Å²) in [5, 5.41) is 2.61. The molecule has 94 valence electrons. The van der Waals surface area contributed by atoms with Crippen LogP contribution in [0.25, 0.3) is 0 Å². The number of rotatable bonds is 5. The highest BCUT2D eigenvalue weighted by molar-refractivity contribution is 7.84. The Morgan fingerprint density at radius 2 is 2.18 bits per heavy atom. The van der Waals surface area contributed by atoms with Crippen molar-refractivity contribution < 1.29 is 13.4 Å². The lowest BCUT2D eigenvalue weighted by Gasteiger charge is -2.06. The van der Waals surface area contributed by atoms with Gasteiger partial charge in [0.2, 0.25) is 0 Å². The largest absolute Gasteiger partial charge is 0.352 e. The fraction of sp³-hybridized carbons (Fsp3) is 0.417. The quantitative estimate of drug-likeness (QED) is 0.815. The number of nitrogens with one attached hydrogen (secondary N) is 1. The zero-order valence-electron chi connectivity index (χ0n) is 9.96. The van der Waals surface area contributed by atoms with E-state index in [0.717, 1.165) is 0 Å². The Hall–Kier alpha value is -1.23. The third kappa shape index (κ3) is 4.26. The third-order valence-electron chi connectivity index (χ3n) is 2.33. The van der Waals surface area contributed by atoms with Gasteiger partial charge in [-0.2, -0.15) is 0 Å². The van der Waals surface area contributed by atoms with Crippen molar-refractivity contribution in [1.82, 2.24) is 5.32 Å². The van der Waals surface area contributed by atoms with Gasteiger partial charge in [-0.05, 0) is 25.0 Å². The van der Waals surface area contributed by atoms with Crippen molar-refractivity contribution in [2.24, 2.45) is 0 Å². The van der Waals surface area contributed by atoms with Crippen molar-refractivity contribution in [2.75, 3.05) is 18.6 Å². The molecule has 17 heavy (non-hydrogen) atoms. The lowest BCUT2D eigenvalue weighted by atomic mass is 10.1. The van der Waals surface area contributed by atoms with E-state index in [9.17, 15) is 13.4 Å². The molecule has 0 heterocycles. The molecule has 1 aromatic rings. The van der Waals surface area contributed by atoms with E-state index in [4.69, 9.17) is 0 Å². The summed E-state index contributed by atoms with van der Waals surface area (Å²) in [5.41, 5.74) is 0.509. The van der Waals surface area contributed by atoms with E-state index in [-0.39, 0.29) is 5.56 Å². The monoisotopic (exact) mass is 257 g/mol. The van der Waals surface area contributed by atoms with Crippen molar-refractivity contribution in [1.29, 1.82) is 0 Å². The van der Waals surface area contributed by atoms with Gasteiger partial charge in [-0.3, -0.25) is 9.00 Å². The Morgan fingerprint density at radius 1 is 1.47 bits per heavy atom. The van der Waals surface area contributed by atoms with Gasteiger partial charge >= 0.3 is 0 Å². The first kappa shape index (κ1) is 13.8. The van der Waals surface area contributed by atoms with Crippen molar-refractivity contribution in [2.45, 2.75) is 13.3 Å². The molecule has 1 unspecified atom stereocenters. The van der Waals surface area contributed by atoms with Crippen LogP contribution in [0.5, 0.6) is 0 Å². The number of hydrogen-bond donors (Lipinski definition) is 1. The summed E-state index contributed by atoms with van der Waals surface area (Å²) in [7, 11) is -0.858. The topological polar surface area (TPSA) is 46.2 Å². The molecule has 3 nitrogen and oxygen atoms in total. The average molecular weight is 257 g/mol. The highest BCUT2D eigenvalue weighted by Crippen LogP contribution is 2.11. The summed E-state index contributed by atoms with van der Waals surface area (Å²) in [6.45, 7) is 2.03. The second-order valence-corrected chi connectivity index (χ2v) is 5.38. The molecule has 1 rings (SSSR count). The van der Waals surface area contributed by atoms with E-state index >= 15 is 0 Å². The number of carbonyl (C=O) groups excluding carboxylic acids is 1. The van der Waals surface area contributed by atoms with Gasteiger partial charge in [-0.1, -0.05) is 12.1 Å². The van der Waals surface area contributed by atoms with E-state index < -0.39 is 22.5 Å². The van der Waals surface area contributed by atoms with Gasteiger partial charge in [0.1, 0.15) is 5.82 Å². The smallest absolute Gasteiger partial charge is 0.254 e. The van der Waals surface area contributed by atoms with Gasteiger partial charge < -0.3 is 5.32 Å². The molecular weight excluding hydrogens is 241 g/mol. The Morgan fingerprint density at radius 3 is 2.82 bits per heavy atom. The van der Waals surface area contributed by atoms with E-state index in [1.54, 1.807) is 25.3 Å². The summed E-state index contributed by atoms with van der Waals surface area (Å²) in [4.78, 5) is 11.6. The van der Waals surface area contributed by atoms with E-state index in [1.165, 1.54) is 6.07 Å². The first-order valence-electron chi connectivity index (χ1n) is 5.35. The number of hydrogen-bond acceptors (Lipinski definition) is 2. The Bertz CT molecular complexity index is 435. The predicted molar refractivity (Wildman–Crippen MR) is 67.0 cm³/mol. The fourth-order valence-electron chi connectivity index (χ4n) is 1.40. The number of halogens is 1. The number of benzene rings is 1. The van der Waals surface area contributed by atoms with Gasteiger partial charge in [0, 0.05) is 29.4 Å². The molecule has 0 radical (unpaired) electrons. The highest BCUT2D eigenvalue weighted by atomic mass is 32.2. The molecule has 1 amide bonds. The van der Waals surface area contributed by atoms with E-state index in [1.807, 2.05) is 0 Å². The Labute approximate surface area is 103 Å².